The largest absolute Gasteiger partial charge is 0.497 e. The Balaban J connectivity index is 1.59. The van der Waals surface area contributed by atoms with Crippen LogP contribution in [0.2, 0.25) is 0 Å². The highest BCUT2D eigenvalue weighted by atomic mass is 32.1. The highest BCUT2D eigenvalue weighted by molar-refractivity contribution is 7.22. The Hall–Kier alpha value is -3.22. The fourth-order valence-electron chi connectivity index (χ4n) is 3.47. The molecular formula is C26H27N3O2S. The summed E-state index contributed by atoms with van der Waals surface area (Å²) in [6.45, 7) is 1.31. The van der Waals surface area contributed by atoms with Crippen LogP contribution in [0.1, 0.15) is 21.5 Å². The van der Waals surface area contributed by atoms with E-state index in [1.165, 1.54) is 22.5 Å². The molecule has 0 atom stereocenters. The summed E-state index contributed by atoms with van der Waals surface area (Å²) >= 11 is 1.52. The number of carbonyl (C=O) groups is 1. The minimum atomic E-state index is -0.0378. The Bertz CT molecular complexity index is 1190. The lowest BCUT2D eigenvalue weighted by molar-refractivity contribution is 0.0985. The maximum Gasteiger partial charge on any atom is 0.260 e. The minimum absolute atomic E-state index is 0.0378. The third kappa shape index (κ3) is 5.15. The van der Waals surface area contributed by atoms with Crippen molar-refractivity contribution in [1.29, 1.82) is 0 Å². The van der Waals surface area contributed by atoms with Gasteiger partial charge < -0.3 is 9.64 Å². The van der Waals surface area contributed by atoms with Gasteiger partial charge in [0.2, 0.25) is 0 Å². The molecule has 0 N–H and O–H groups in total. The Kier molecular flexibility index (Phi) is 6.83. The highest BCUT2D eigenvalue weighted by Gasteiger charge is 2.21. The molecule has 164 valence electrons. The van der Waals surface area contributed by atoms with E-state index in [9.17, 15) is 4.79 Å². The van der Waals surface area contributed by atoms with Crippen LogP contribution in [0.3, 0.4) is 0 Å². The van der Waals surface area contributed by atoms with Gasteiger partial charge in [-0.1, -0.05) is 53.8 Å². The second-order valence-electron chi connectivity index (χ2n) is 7.95. The molecule has 0 aliphatic heterocycles. The van der Waals surface area contributed by atoms with Crippen LogP contribution in [0, 0.1) is 0 Å². The molecular weight excluding hydrogens is 418 g/mol. The summed E-state index contributed by atoms with van der Waals surface area (Å²) in [5, 5.41) is 0.702. The monoisotopic (exact) mass is 445 g/mol. The van der Waals surface area contributed by atoms with Gasteiger partial charge in [0.05, 0.1) is 17.3 Å². The fraction of sp³-hybridized carbons (Fsp3) is 0.231. The molecule has 1 aromatic heterocycles. The van der Waals surface area contributed by atoms with Crippen molar-refractivity contribution in [1.82, 2.24) is 9.88 Å². The smallest absolute Gasteiger partial charge is 0.260 e. The third-order valence-corrected chi connectivity index (χ3v) is 6.34. The van der Waals surface area contributed by atoms with E-state index in [1.807, 2.05) is 74.8 Å². The van der Waals surface area contributed by atoms with Crippen LogP contribution in [-0.2, 0) is 6.42 Å². The van der Waals surface area contributed by atoms with E-state index in [4.69, 9.17) is 9.72 Å². The molecule has 0 saturated heterocycles. The summed E-state index contributed by atoms with van der Waals surface area (Å²) in [6, 6.07) is 24.1. The van der Waals surface area contributed by atoms with Gasteiger partial charge in [-0.25, -0.2) is 4.98 Å². The number of likely N-dealkylation sites (N-methyl/N-ethyl adjacent to an activating group) is 1. The van der Waals surface area contributed by atoms with E-state index < -0.39 is 0 Å². The van der Waals surface area contributed by atoms with Crippen molar-refractivity contribution < 1.29 is 9.53 Å². The number of aromatic nitrogens is 1. The molecule has 32 heavy (non-hydrogen) atoms. The standard InChI is InChI=1S/C26H27N3O2S/c1-28(2)15-16-29(26-27-23-18-22(31-3)13-14-24(23)32-26)25(30)21-11-9-20(10-12-21)17-19-7-5-4-6-8-19/h4-14,18H,15-17H2,1-3H3. The molecule has 1 heterocycles. The molecule has 0 aliphatic rings. The number of methoxy groups -OCH3 is 1. The molecule has 6 heteroatoms. The summed E-state index contributed by atoms with van der Waals surface area (Å²) in [5.41, 5.74) is 3.94. The van der Waals surface area contributed by atoms with Gasteiger partial charge >= 0.3 is 0 Å². The van der Waals surface area contributed by atoms with Gasteiger partial charge in [0, 0.05) is 24.7 Å². The van der Waals surface area contributed by atoms with E-state index in [2.05, 4.69) is 17.0 Å². The fourth-order valence-corrected chi connectivity index (χ4v) is 4.44. The topological polar surface area (TPSA) is 45.7 Å². The average molecular weight is 446 g/mol. The average Bonchev–Trinajstić information content (AvgIpc) is 3.23. The van der Waals surface area contributed by atoms with Crippen molar-refractivity contribution in [3.05, 3.63) is 89.5 Å². The highest BCUT2D eigenvalue weighted by Crippen LogP contribution is 2.32. The maximum atomic E-state index is 13.5. The number of fused-ring (bicyclic) bond motifs is 1. The molecule has 0 unspecified atom stereocenters. The second-order valence-corrected chi connectivity index (χ2v) is 8.96. The zero-order valence-electron chi connectivity index (χ0n) is 18.6. The SMILES string of the molecule is COc1ccc2sc(N(CCN(C)C)C(=O)c3ccc(Cc4ccccc4)cc3)nc2c1. The van der Waals surface area contributed by atoms with Gasteiger partial charge in [-0.2, -0.15) is 0 Å². The zero-order chi connectivity index (χ0) is 22.5. The molecule has 0 fully saturated rings. The predicted octanol–water partition coefficient (Wildman–Crippen LogP) is 5.10. The quantitative estimate of drug-likeness (QED) is 0.378. The van der Waals surface area contributed by atoms with Crippen molar-refractivity contribution in [3.63, 3.8) is 0 Å². The van der Waals surface area contributed by atoms with Gasteiger partial charge in [0.1, 0.15) is 5.75 Å². The first-order chi connectivity index (χ1) is 15.5. The van der Waals surface area contributed by atoms with E-state index in [0.717, 1.165) is 28.9 Å². The molecule has 5 nitrogen and oxygen atoms in total. The molecule has 0 bridgehead atoms. The lowest BCUT2D eigenvalue weighted by atomic mass is 10.0. The minimum Gasteiger partial charge on any atom is -0.497 e. The Morgan fingerprint density at radius 3 is 2.34 bits per heavy atom. The first-order valence-electron chi connectivity index (χ1n) is 10.6. The van der Waals surface area contributed by atoms with Crippen LogP contribution >= 0.6 is 11.3 Å². The number of nitrogens with zero attached hydrogens (tertiary/aromatic N) is 3. The van der Waals surface area contributed by atoms with Crippen LogP contribution < -0.4 is 9.64 Å². The van der Waals surface area contributed by atoms with Crippen LogP contribution in [0.25, 0.3) is 10.2 Å². The van der Waals surface area contributed by atoms with E-state index in [0.29, 0.717) is 17.2 Å². The van der Waals surface area contributed by atoms with Crippen LogP contribution in [0.4, 0.5) is 5.13 Å². The van der Waals surface area contributed by atoms with E-state index in [-0.39, 0.29) is 5.91 Å². The lowest BCUT2D eigenvalue weighted by Gasteiger charge is -2.22. The van der Waals surface area contributed by atoms with Crippen molar-refractivity contribution in [2.75, 3.05) is 39.2 Å². The number of anilines is 1. The number of hydrogen-bond acceptors (Lipinski definition) is 5. The molecule has 0 aliphatic carbocycles. The van der Waals surface area contributed by atoms with Crippen molar-refractivity contribution in [2.45, 2.75) is 6.42 Å². The molecule has 4 rings (SSSR count). The number of benzene rings is 3. The second kappa shape index (κ2) is 9.94. The zero-order valence-corrected chi connectivity index (χ0v) is 19.4. The van der Waals surface area contributed by atoms with E-state index in [1.54, 1.807) is 12.0 Å². The molecule has 0 saturated carbocycles. The molecule has 0 radical (unpaired) electrons. The number of carbonyl (C=O) groups excluding carboxylic acids is 1. The summed E-state index contributed by atoms with van der Waals surface area (Å²) < 4.78 is 6.35. The molecule has 4 aromatic rings. The summed E-state index contributed by atoms with van der Waals surface area (Å²) in [6.07, 6.45) is 0.847. The molecule has 1 amide bonds. The predicted molar refractivity (Wildman–Crippen MR) is 132 cm³/mol. The van der Waals surface area contributed by atoms with Crippen molar-refractivity contribution in [2.24, 2.45) is 0 Å². The van der Waals surface area contributed by atoms with Gasteiger partial charge in [-0.05, 0) is 55.9 Å². The van der Waals surface area contributed by atoms with Gasteiger partial charge in [-0.15, -0.1) is 0 Å². The third-order valence-electron chi connectivity index (χ3n) is 5.28. The number of amides is 1. The molecule has 0 spiro atoms. The van der Waals surface area contributed by atoms with Gasteiger partial charge in [0.25, 0.3) is 5.91 Å². The van der Waals surface area contributed by atoms with Gasteiger partial charge in [0.15, 0.2) is 5.13 Å². The summed E-state index contributed by atoms with van der Waals surface area (Å²) in [7, 11) is 5.65. The van der Waals surface area contributed by atoms with Crippen molar-refractivity contribution >= 4 is 32.6 Å². The maximum absolute atomic E-state index is 13.5. The van der Waals surface area contributed by atoms with Crippen molar-refractivity contribution in [3.8, 4) is 5.75 Å². The van der Waals surface area contributed by atoms with E-state index >= 15 is 0 Å². The number of rotatable bonds is 8. The van der Waals surface area contributed by atoms with Crippen LogP contribution in [0.5, 0.6) is 5.75 Å². The number of thiazole rings is 1. The summed E-state index contributed by atoms with van der Waals surface area (Å²) in [4.78, 5) is 22.1. The number of ether oxygens (including phenoxy) is 1. The Morgan fingerprint density at radius 1 is 0.938 bits per heavy atom. The summed E-state index contributed by atoms with van der Waals surface area (Å²) in [5.74, 6) is 0.721. The number of hydrogen-bond donors (Lipinski definition) is 0. The Morgan fingerprint density at radius 2 is 1.66 bits per heavy atom. The first-order valence-corrected chi connectivity index (χ1v) is 11.4. The lowest BCUT2D eigenvalue weighted by Crippen LogP contribution is -2.36. The first kappa shape index (κ1) is 22.0. The van der Waals surface area contributed by atoms with Crippen LogP contribution in [0.15, 0.2) is 72.8 Å². The van der Waals surface area contributed by atoms with Crippen LogP contribution in [-0.4, -0.2) is 50.1 Å². The normalized spacial score (nSPS) is 11.1. The van der Waals surface area contributed by atoms with Gasteiger partial charge in [-0.3, -0.25) is 9.69 Å². The Labute approximate surface area is 192 Å². The molecule has 3 aromatic carbocycles.